The number of carbonyl (C=O) groups is 3. The molecule has 0 saturated heterocycles. The van der Waals surface area contributed by atoms with E-state index in [1.807, 2.05) is 26.0 Å². The van der Waals surface area contributed by atoms with Crippen LogP contribution in [0.5, 0.6) is 0 Å². The highest BCUT2D eigenvalue weighted by molar-refractivity contribution is 5.99. The average Bonchev–Trinajstić information content (AvgIpc) is 2.37. The van der Waals surface area contributed by atoms with Gasteiger partial charge in [0.25, 0.3) is 0 Å². The maximum absolute atomic E-state index is 12.0. The molecule has 0 aliphatic rings. The first kappa shape index (κ1) is 15.9. The number of rotatable bonds is 6. The van der Waals surface area contributed by atoms with Crippen molar-refractivity contribution in [2.24, 2.45) is 0 Å². The fourth-order valence-electron chi connectivity index (χ4n) is 1.80. The summed E-state index contributed by atoms with van der Waals surface area (Å²) in [5.41, 5.74) is 1.56. The molecule has 5 nitrogen and oxygen atoms in total. The number of hydrogen-bond donors (Lipinski definition) is 2. The quantitative estimate of drug-likeness (QED) is 0.779. The van der Waals surface area contributed by atoms with E-state index in [1.54, 1.807) is 12.1 Å². The van der Waals surface area contributed by atoms with Crippen molar-refractivity contribution in [3.8, 4) is 0 Å². The van der Waals surface area contributed by atoms with Crippen molar-refractivity contribution in [1.82, 2.24) is 5.32 Å². The van der Waals surface area contributed by atoms with Gasteiger partial charge in [0.05, 0.1) is 0 Å². The van der Waals surface area contributed by atoms with Crippen molar-refractivity contribution in [1.29, 1.82) is 0 Å². The predicted octanol–water partition coefficient (Wildman–Crippen LogP) is 1.97. The Hall–Kier alpha value is -2.17. The van der Waals surface area contributed by atoms with Gasteiger partial charge < -0.3 is 10.4 Å². The second kappa shape index (κ2) is 6.84. The number of hydrogen-bond acceptors (Lipinski definition) is 3. The molecule has 0 saturated carbocycles. The predicted molar refractivity (Wildman–Crippen MR) is 74.7 cm³/mol. The Labute approximate surface area is 118 Å². The number of carbonyl (C=O) groups excluding carboxylic acids is 2. The van der Waals surface area contributed by atoms with Gasteiger partial charge in [0.2, 0.25) is 5.91 Å². The molecule has 0 heterocycles. The zero-order valence-corrected chi connectivity index (χ0v) is 11.8. The molecule has 1 amide bonds. The fourth-order valence-corrected chi connectivity index (χ4v) is 1.80. The van der Waals surface area contributed by atoms with Gasteiger partial charge in [-0.1, -0.05) is 38.1 Å². The molecule has 0 bridgehead atoms. The molecule has 20 heavy (non-hydrogen) atoms. The van der Waals surface area contributed by atoms with Crippen LogP contribution in [0.25, 0.3) is 0 Å². The standard InChI is InChI=1S/C15H19NO4/c1-9(2)11-4-6-12(7-5-11)14(18)8-13(15(19)20)16-10(3)17/h4-7,9,13H,8H2,1-3H3,(H,16,17)(H,19,20). The summed E-state index contributed by atoms with van der Waals surface area (Å²) in [7, 11) is 0. The molecule has 108 valence electrons. The zero-order chi connectivity index (χ0) is 15.3. The third-order valence-corrected chi connectivity index (χ3v) is 2.96. The normalized spacial score (nSPS) is 12.0. The summed E-state index contributed by atoms with van der Waals surface area (Å²) in [6.45, 7) is 5.32. The van der Waals surface area contributed by atoms with Crippen molar-refractivity contribution >= 4 is 17.7 Å². The molecule has 0 aromatic heterocycles. The van der Waals surface area contributed by atoms with Crippen LogP contribution in [0.15, 0.2) is 24.3 Å². The summed E-state index contributed by atoms with van der Waals surface area (Å²) in [6, 6.07) is 5.89. The SMILES string of the molecule is CC(=O)NC(CC(=O)c1ccc(C(C)C)cc1)C(=O)O. The van der Waals surface area contributed by atoms with Gasteiger partial charge in [-0.15, -0.1) is 0 Å². The number of benzene rings is 1. The number of carboxylic acid groups (broad SMARTS) is 1. The first-order chi connectivity index (χ1) is 9.31. The molecule has 1 aromatic carbocycles. The van der Waals surface area contributed by atoms with Gasteiger partial charge >= 0.3 is 5.97 Å². The summed E-state index contributed by atoms with van der Waals surface area (Å²) in [5, 5.41) is 11.2. The molecular weight excluding hydrogens is 258 g/mol. The van der Waals surface area contributed by atoms with E-state index in [-0.39, 0.29) is 12.2 Å². The third-order valence-electron chi connectivity index (χ3n) is 2.96. The second-order valence-electron chi connectivity index (χ2n) is 5.00. The Kier molecular flexibility index (Phi) is 5.43. The maximum Gasteiger partial charge on any atom is 0.326 e. The van der Waals surface area contributed by atoms with E-state index < -0.39 is 17.9 Å². The largest absolute Gasteiger partial charge is 0.480 e. The van der Waals surface area contributed by atoms with Crippen molar-refractivity contribution in [3.05, 3.63) is 35.4 Å². The summed E-state index contributed by atoms with van der Waals surface area (Å²) in [5.74, 6) is -1.63. The lowest BCUT2D eigenvalue weighted by atomic mass is 9.98. The minimum absolute atomic E-state index is 0.254. The molecule has 1 unspecified atom stereocenters. The van der Waals surface area contributed by atoms with Crippen LogP contribution in [-0.2, 0) is 9.59 Å². The topological polar surface area (TPSA) is 83.5 Å². The molecule has 5 heteroatoms. The summed E-state index contributed by atoms with van der Waals surface area (Å²) < 4.78 is 0. The molecule has 1 atom stereocenters. The smallest absolute Gasteiger partial charge is 0.326 e. The molecule has 0 aliphatic heterocycles. The molecule has 0 radical (unpaired) electrons. The van der Waals surface area contributed by atoms with E-state index in [2.05, 4.69) is 5.32 Å². The van der Waals surface area contributed by atoms with Gasteiger partial charge in [-0.25, -0.2) is 4.79 Å². The van der Waals surface area contributed by atoms with Crippen LogP contribution < -0.4 is 5.32 Å². The number of Topliss-reactive ketones (excluding diaryl/α,β-unsaturated/α-hetero) is 1. The van der Waals surface area contributed by atoms with Crippen molar-refractivity contribution < 1.29 is 19.5 Å². The van der Waals surface area contributed by atoms with Crippen LogP contribution in [-0.4, -0.2) is 28.8 Å². The highest BCUT2D eigenvalue weighted by Gasteiger charge is 2.22. The van der Waals surface area contributed by atoms with Crippen molar-refractivity contribution in [3.63, 3.8) is 0 Å². The minimum Gasteiger partial charge on any atom is -0.480 e. The number of nitrogens with one attached hydrogen (secondary N) is 1. The Morgan fingerprint density at radius 2 is 1.70 bits per heavy atom. The van der Waals surface area contributed by atoms with Gasteiger partial charge in [-0.3, -0.25) is 9.59 Å². The highest BCUT2D eigenvalue weighted by Crippen LogP contribution is 2.16. The van der Waals surface area contributed by atoms with Gasteiger partial charge in [0, 0.05) is 18.9 Å². The number of ketones is 1. The zero-order valence-electron chi connectivity index (χ0n) is 11.8. The first-order valence-electron chi connectivity index (χ1n) is 6.44. The van der Waals surface area contributed by atoms with E-state index >= 15 is 0 Å². The Bertz CT molecular complexity index is 505. The van der Waals surface area contributed by atoms with Crippen LogP contribution >= 0.6 is 0 Å². The molecule has 2 N–H and O–H groups in total. The molecule has 1 aromatic rings. The molecule has 1 rings (SSSR count). The van der Waals surface area contributed by atoms with Crippen LogP contribution in [0.3, 0.4) is 0 Å². The lowest BCUT2D eigenvalue weighted by Crippen LogP contribution is -2.41. The monoisotopic (exact) mass is 277 g/mol. The summed E-state index contributed by atoms with van der Waals surface area (Å²) >= 11 is 0. The van der Waals surface area contributed by atoms with Crippen molar-refractivity contribution in [2.45, 2.75) is 39.2 Å². The van der Waals surface area contributed by atoms with Crippen LogP contribution in [0.1, 0.15) is 49.0 Å². The van der Waals surface area contributed by atoms with Gasteiger partial charge in [0.1, 0.15) is 6.04 Å². The minimum atomic E-state index is -1.22. The first-order valence-corrected chi connectivity index (χ1v) is 6.44. The summed E-state index contributed by atoms with van der Waals surface area (Å²) in [4.78, 5) is 33.9. The van der Waals surface area contributed by atoms with Gasteiger partial charge in [-0.05, 0) is 11.5 Å². The van der Waals surface area contributed by atoms with Crippen LogP contribution in [0.4, 0.5) is 0 Å². The van der Waals surface area contributed by atoms with Crippen LogP contribution in [0, 0.1) is 0 Å². The van der Waals surface area contributed by atoms with Crippen molar-refractivity contribution in [2.75, 3.05) is 0 Å². The lowest BCUT2D eigenvalue weighted by molar-refractivity contribution is -0.141. The van der Waals surface area contributed by atoms with E-state index in [0.717, 1.165) is 5.56 Å². The van der Waals surface area contributed by atoms with E-state index in [1.165, 1.54) is 6.92 Å². The number of carboxylic acids is 1. The molecule has 0 fully saturated rings. The van der Waals surface area contributed by atoms with E-state index in [0.29, 0.717) is 11.5 Å². The Morgan fingerprint density at radius 3 is 2.10 bits per heavy atom. The summed E-state index contributed by atoms with van der Waals surface area (Å²) in [6.07, 6.45) is -0.254. The van der Waals surface area contributed by atoms with E-state index in [4.69, 9.17) is 5.11 Å². The number of aliphatic carboxylic acids is 1. The fraction of sp³-hybridized carbons (Fsp3) is 0.400. The lowest BCUT2D eigenvalue weighted by Gasteiger charge is -2.12. The second-order valence-corrected chi connectivity index (χ2v) is 5.00. The average molecular weight is 277 g/mol. The molecular formula is C15H19NO4. The molecule has 0 aliphatic carbocycles. The van der Waals surface area contributed by atoms with Gasteiger partial charge in [0.15, 0.2) is 5.78 Å². The molecule has 0 spiro atoms. The van der Waals surface area contributed by atoms with E-state index in [9.17, 15) is 14.4 Å². The third kappa shape index (κ3) is 4.50. The highest BCUT2D eigenvalue weighted by atomic mass is 16.4. The Morgan fingerprint density at radius 1 is 1.15 bits per heavy atom. The van der Waals surface area contributed by atoms with Crippen LogP contribution in [0.2, 0.25) is 0 Å². The Balaban J connectivity index is 2.78. The maximum atomic E-state index is 12.0. The number of amides is 1. The van der Waals surface area contributed by atoms with Gasteiger partial charge in [-0.2, -0.15) is 0 Å².